The van der Waals surface area contributed by atoms with Crippen molar-refractivity contribution in [1.29, 1.82) is 0 Å². The number of rotatable bonds is 8. The first kappa shape index (κ1) is 35.7. The van der Waals surface area contributed by atoms with Gasteiger partial charge in [0.05, 0.1) is 20.4 Å². The molecule has 6 aromatic rings. The Hall–Kier alpha value is -4.10. The van der Waals surface area contributed by atoms with E-state index >= 15 is 0 Å². The molecule has 0 aliphatic rings. The van der Waals surface area contributed by atoms with Gasteiger partial charge in [-0.15, -0.1) is 32.9 Å². The van der Waals surface area contributed by atoms with Crippen LogP contribution in [0.25, 0.3) is 41.6 Å². The van der Waals surface area contributed by atoms with E-state index in [-0.39, 0.29) is 62.5 Å². The summed E-state index contributed by atoms with van der Waals surface area (Å²) < 4.78 is 137. The van der Waals surface area contributed by atoms with Crippen LogP contribution < -0.4 is 0 Å². The zero-order chi connectivity index (χ0) is 36.6. The second-order valence-electron chi connectivity index (χ2n) is 10.6. The summed E-state index contributed by atoms with van der Waals surface area (Å²) in [4.78, 5) is 6.39. The van der Waals surface area contributed by atoms with Gasteiger partial charge in [0.1, 0.15) is 41.0 Å². The Labute approximate surface area is 291 Å². The molecule has 260 valence electrons. The molecule has 0 saturated heterocycles. The van der Waals surface area contributed by atoms with Crippen LogP contribution in [0, 0.1) is 13.8 Å². The smallest absolute Gasteiger partial charge is 0.282 e. The lowest BCUT2D eigenvalue weighted by atomic mass is 10.2. The van der Waals surface area contributed by atoms with Gasteiger partial charge in [-0.3, -0.25) is 18.2 Å². The van der Waals surface area contributed by atoms with Crippen LogP contribution in [0.5, 0.6) is 0 Å². The monoisotopic (exact) mass is 796 g/mol. The lowest BCUT2D eigenvalue weighted by Crippen LogP contribution is -2.00. The van der Waals surface area contributed by atoms with Gasteiger partial charge in [-0.25, -0.2) is 9.97 Å². The second kappa shape index (κ2) is 12.3. The summed E-state index contributed by atoms with van der Waals surface area (Å²) in [6.45, 7) is 2.95. The average molecular weight is 797 g/mol. The van der Waals surface area contributed by atoms with Crippen LogP contribution in [0.4, 0.5) is 11.4 Å². The Morgan fingerprint density at radius 1 is 0.520 bits per heavy atom. The number of thiazole rings is 2. The molecule has 0 fully saturated rings. The van der Waals surface area contributed by atoms with Gasteiger partial charge < -0.3 is 0 Å². The van der Waals surface area contributed by atoms with Gasteiger partial charge >= 0.3 is 0 Å². The third kappa shape index (κ3) is 6.81. The minimum atomic E-state index is -5.00. The van der Waals surface area contributed by atoms with Gasteiger partial charge in [-0.1, -0.05) is 12.1 Å². The molecule has 0 aliphatic carbocycles. The Morgan fingerprint density at radius 2 is 0.880 bits per heavy atom. The van der Waals surface area contributed by atoms with E-state index in [1.54, 1.807) is 0 Å². The van der Waals surface area contributed by atoms with E-state index in [1.165, 1.54) is 50.2 Å². The Balaban J connectivity index is 1.42. The van der Waals surface area contributed by atoms with Crippen LogP contribution in [-0.4, -0.2) is 61.9 Å². The Kier molecular flexibility index (Phi) is 8.78. The molecular formula is C28H20N4O12S6. The number of aryl methyl sites for hydroxylation is 2. The van der Waals surface area contributed by atoms with Crippen LogP contribution in [0.2, 0.25) is 0 Å². The van der Waals surface area contributed by atoms with Crippen molar-refractivity contribution in [2.45, 2.75) is 33.4 Å². The van der Waals surface area contributed by atoms with E-state index in [9.17, 15) is 51.9 Å². The van der Waals surface area contributed by atoms with E-state index in [4.69, 9.17) is 0 Å². The molecular weight excluding hydrogens is 777 g/mol. The first-order chi connectivity index (χ1) is 23.1. The van der Waals surface area contributed by atoms with E-state index in [0.717, 1.165) is 46.9 Å². The number of benzene rings is 4. The number of azo groups is 1. The second-order valence-corrected chi connectivity index (χ2v) is 18.1. The van der Waals surface area contributed by atoms with Gasteiger partial charge in [0.25, 0.3) is 40.5 Å². The third-order valence-electron chi connectivity index (χ3n) is 7.17. The van der Waals surface area contributed by atoms with Crippen molar-refractivity contribution < 1.29 is 51.9 Å². The lowest BCUT2D eigenvalue weighted by Gasteiger charge is -2.06. The number of aromatic nitrogens is 2. The average Bonchev–Trinajstić information content (AvgIpc) is 3.62. The highest BCUT2D eigenvalue weighted by Gasteiger charge is 2.25. The largest absolute Gasteiger partial charge is 0.296 e. The number of nitrogens with zero attached hydrogens (tertiary/aromatic N) is 4. The summed E-state index contributed by atoms with van der Waals surface area (Å²) in [7, 11) is -19.3. The summed E-state index contributed by atoms with van der Waals surface area (Å²) in [5, 5.41) is 7.88. The molecule has 0 radical (unpaired) electrons. The topological polar surface area (TPSA) is 268 Å². The maximum absolute atomic E-state index is 12.4. The maximum Gasteiger partial charge on any atom is 0.296 e. The molecule has 50 heavy (non-hydrogen) atoms. The van der Waals surface area contributed by atoms with Crippen molar-refractivity contribution in [1.82, 2.24) is 9.97 Å². The molecule has 4 N–H and O–H groups in total. The summed E-state index contributed by atoms with van der Waals surface area (Å²) >= 11 is 1.68. The summed E-state index contributed by atoms with van der Waals surface area (Å²) in [6, 6.07) is 12.8. The van der Waals surface area contributed by atoms with E-state index in [2.05, 4.69) is 20.2 Å². The molecule has 22 heteroatoms. The van der Waals surface area contributed by atoms with Gasteiger partial charge in [-0.05, 0) is 73.5 Å². The molecule has 4 aromatic carbocycles. The first-order valence-electron chi connectivity index (χ1n) is 13.5. The molecule has 0 saturated carbocycles. The standard InChI is InChI=1S/C28H20N4O12S6/c1-13-3-7-19-23(25(13)49(39,40)41)45-27(29-19)15-5-9-17(21(11-15)47(33,34)35)31-32-18-10-6-16(12-22(18)48(36,37)38)28-30-20-8-4-14(2)26(24(20)46-28)50(42,43)44/h3-12H,1-2H3,(H,33,34,35)(H,36,37,38)(H,39,40,41)(H,42,43,44). The predicted octanol–water partition coefficient (Wildman–Crippen LogP) is 6.26. The fourth-order valence-corrected chi connectivity index (χ4v) is 10.9. The highest BCUT2D eigenvalue weighted by molar-refractivity contribution is 7.87. The van der Waals surface area contributed by atoms with Gasteiger partial charge in [0, 0.05) is 11.1 Å². The maximum atomic E-state index is 12.4. The summed E-state index contributed by atoms with van der Waals surface area (Å²) in [5.41, 5.74) is 0.230. The third-order valence-corrected chi connectivity index (χ3v) is 13.6. The van der Waals surface area contributed by atoms with Crippen molar-refractivity contribution in [3.63, 3.8) is 0 Å². The molecule has 0 amide bonds. The minimum absolute atomic E-state index is 0.112. The Bertz CT molecular complexity index is 2700. The van der Waals surface area contributed by atoms with Gasteiger partial charge in [-0.2, -0.15) is 33.7 Å². The van der Waals surface area contributed by atoms with Gasteiger partial charge in [0.2, 0.25) is 0 Å². The minimum Gasteiger partial charge on any atom is -0.282 e. The molecule has 16 nitrogen and oxygen atoms in total. The molecule has 0 unspecified atom stereocenters. The molecule has 2 heterocycles. The molecule has 0 bridgehead atoms. The highest BCUT2D eigenvalue weighted by atomic mass is 32.2. The van der Waals surface area contributed by atoms with Crippen LogP contribution in [0.3, 0.4) is 0 Å². The van der Waals surface area contributed by atoms with Crippen LogP contribution in [-0.2, 0) is 40.5 Å². The highest BCUT2D eigenvalue weighted by Crippen LogP contribution is 2.40. The quantitative estimate of drug-likeness (QED) is 0.0978. The molecule has 0 atom stereocenters. The zero-order valence-corrected chi connectivity index (χ0v) is 30.0. The SMILES string of the molecule is Cc1ccc2nc(-c3ccc(N=Nc4ccc(-c5nc6ccc(C)c(S(=O)(=O)O)c6s5)cc4S(=O)(=O)O)c(S(=O)(=O)O)c3)sc2c1S(=O)(=O)O. The molecule has 0 spiro atoms. The van der Waals surface area contributed by atoms with Gasteiger partial charge in [0.15, 0.2) is 0 Å². The summed E-state index contributed by atoms with van der Waals surface area (Å²) in [5.74, 6) is 0. The van der Waals surface area contributed by atoms with Crippen LogP contribution in [0.1, 0.15) is 11.1 Å². The number of hydrogen-bond acceptors (Lipinski definition) is 14. The molecule has 6 rings (SSSR count). The summed E-state index contributed by atoms with van der Waals surface area (Å²) in [6.07, 6.45) is 0. The van der Waals surface area contributed by atoms with Crippen molar-refractivity contribution in [2.24, 2.45) is 10.2 Å². The van der Waals surface area contributed by atoms with E-state index in [1.807, 2.05) is 0 Å². The van der Waals surface area contributed by atoms with E-state index < -0.39 is 61.6 Å². The van der Waals surface area contributed by atoms with E-state index in [0.29, 0.717) is 0 Å². The van der Waals surface area contributed by atoms with Crippen molar-refractivity contribution in [3.8, 4) is 21.1 Å². The molecule has 0 aliphatic heterocycles. The Morgan fingerprint density at radius 3 is 1.20 bits per heavy atom. The first-order valence-corrected chi connectivity index (χ1v) is 20.9. The van der Waals surface area contributed by atoms with Crippen LogP contribution >= 0.6 is 22.7 Å². The zero-order valence-electron chi connectivity index (χ0n) is 25.1. The predicted molar refractivity (Wildman–Crippen MR) is 183 cm³/mol. The van der Waals surface area contributed by atoms with Crippen molar-refractivity contribution in [3.05, 3.63) is 71.8 Å². The van der Waals surface area contributed by atoms with Crippen molar-refractivity contribution >= 4 is 95.0 Å². The fraction of sp³-hybridized carbons (Fsp3) is 0.0714. The molecule has 2 aromatic heterocycles. The van der Waals surface area contributed by atoms with Crippen molar-refractivity contribution in [2.75, 3.05) is 0 Å². The normalized spacial score (nSPS) is 13.2. The lowest BCUT2D eigenvalue weighted by molar-refractivity contribution is 0.481. The number of hydrogen-bond donors (Lipinski definition) is 4. The fourth-order valence-electron chi connectivity index (χ4n) is 5.00. The van der Waals surface area contributed by atoms with Crippen LogP contribution in [0.15, 0.2) is 90.5 Å². The number of fused-ring (bicyclic) bond motifs is 2.